The number of nitrogens with one attached hydrogen (secondary N) is 2. The van der Waals surface area contributed by atoms with Crippen LogP contribution in [-0.2, 0) is 4.79 Å². The van der Waals surface area contributed by atoms with Gasteiger partial charge in [-0.3, -0.25) is 4.79 Å². The minimum Gasteiger partial charge on any atom is -0.481 e. The van der Waals surface area contributed by atoms with Crippen molar-refractivity contribution in [3.05, 3.63) is 47.5 Å². The molecule has 0 heterocycles. The lowest BCUT2D eigenvalue weighted by molar-refractivity contribution is -0.140. The van der Waals surface area contributed by atoms with Gasteiger partial charge in [0.2, 0.25) is 0 Å². The molecule has 0 radical (unpaired) electrons. The fraction of sp³-hybridized carbons (Fsp3) is 0.375. The van der Waals surface area contributed by atoms with E-state index in [1.807, 2.05) is 38.1 Å². The summed E-state index contributed by atoms with van der Waals surface area (Å²) in [6.07, 6.45) is 3.76. The first-order chi connectivity index (χ1) is 9.97. The average molecular weight is 288 g/mol. The van der Waals surface area contributed by atoms with Crippen LogP contribution in [-0.4, -0.2) is 23.1 Å². The molecule has 1 aliphatic rings. The lowest BCUT2D eigenvalue weighted by Crippen LogP contribution is -2.42. The smallest absolute Gasteiger partial charge is 0.315 e. The predicted molar refractivity (Wildman–Crippen MR) is 79.9 cm³/mol. The number of hydrogen-bond acceptors (Lipinski definition) is 2. The van der Waals surface area contributed by atoms with Crippen molar-refractivity contribution >= 4 is 12.0 Å². The van der Waals surface area contributed by atoms with E-state index in [9.17, 15) is 9.59 Å². The van der Waals surface area contributed by atoms with E-state index in [1.165, 1.54) is 0 Å². The highest BCUT2D eigenvalue weighted by Crippen LogP contribution is 2.19. The van der Waals surface area contributed by atoms with E-state index in [0.29, 0.717) is 6.42 Å². The van der Waals surface area contributed by atoms with Crippen LogP contribution in [0.1, 0.15) is 30.5 Å². The van der Waals surface area contributed by atoms with Gasteiger partial charge >= 0.3 is 12.0 Å². The van der Waals surface area contributed by atoms with E-state index in [0.717, 1.165) is 11.1 Å². The van der Waals surface area contributed by atoms with Crippen molar-refractivity contribution in [2.75, 3.05) is 0 Å². The number of hydrogen-bond donors (Lipinski definition) is 3. The molecule has 3 atom stereocenters. The summed E-state index contributed by atoms with van der Waals surface area (Å²) in [7, 11) is 0. The van der Waals surface area contributed by atoms with E-state index >= 15 is 0 Å². The van der Waals surface area contributed by atoms with Gasteiger partial charge in [0.05, 0.1) is 18.0 Å². The summed E-state index contributed by atoms with van der Waals surface area (Å²) < 4.78 is 0. The zero-order valence-corrected chi connectivity index (χ0v) is 12.2. The quantitative estimate of drug-likeness (QED) is 0.744. The van der Waals surface area contributed by atoms with Crippen molar-refractivity contribution in [1.29, 1.82) is 0 Å². The fourth-order valence-electron chi connectivity index (χ4n) is 2.55. The van der Waals surface area contributed by atoms with Crippen LogP contribution in [0.5, 0.6) is 0 Å². The molecule has 5 nitrogen and oxygen atoms in total. The fourth-order valence-corrected chi connectivity index (χ4v) is 2.55. The van der Waals surface area contributed by atoms with Crippen LogP contribution in [0.4, 0.5) is 4.79 Å². The zero-order chi connectivity index (χ0) is 15.4. The third kappa shape index (κ3) is 3.84. The molecule has 3 unspecified atom stereocenters. The minimum absolute atomic E-state index is 0.105. The molecular formula is C16H20N2O3. The standard InChI is InChI=1S/C16H20N2O3/c1-10-5-3-4-6-14(10)11(2)17-16(21)18-13-8-7-12(9-13)15(19)20/h3-8,11-13H,9H2,1-2H3,(H,19,20)(H2,17,18,21). The molecule has 1 aromatic carbocycles. The maximum atomic E-state index is 12.0. The van der Waals surface area contributed by atoms with Gasteiger partial charge in [0.25, 0.3) is 0 Å². The number of aryl methyl sites for hydroxylation is 1. The van der Waals surface area contributed by atoms with Gasteiger partial charge in [-0.25, -0.2) is 4.79 Å². The van der Waals surface area contributed by atoms with Crippen LogP contribution >= 0.6 is 0 Å². The summed E-state index contributed by atoms with van der Waals surface area (Å²) in [5.74, 6) is -1.37. The second kappa shape index (κ2) is 6.43. The monoisotopic (exact) mass is 288 g/mol. The van der Waals surface area contributed by atoms with Crippen LogP contribution < -0.4 is 10.6 Å². The molecule has 0 bridgehead atoms. The van der Waals surface area contributed by atoms with Gasteiger partial charge in [0.1, 0.15) is 0 Å². The molecule has 1 aliphatic carbocycles. The number of urea groups is 1. The van der Waals surface area contributed by atoms with Crippen molar-refractivity contribution in [2.24, 2.45) is 5.92 Å². The molecule has 3 N–H and O–H groups in total. The summed E-state index contributed by atoms with van der Waals surface area (Å²) in [4.78, 5) is 22.8. The van der Waals surface area contributed by atoms with Gasteiger partial charge in [-0.05, 0) is 31.4 Å². The lowest BCUT2D eigenvalue weighted by atomic mass is 10.0. The van der Waals surface area contributed by atoms with Crippen LogP contribution in [0.3, 0.4) is 0 Å². The topological polar surface area (TPSA) is 78.4 Å². The molecule has 2 amide bonds. The first kappa shape index (κ1) is 15.1. The number of aliphatic carboxylic acids is 1. The molecule has 0 fully saturated rings. The number of benzene rings is 1. The number of amides is 2. The van der Waals surface area contributed by atoms with E-state index < -0.39 is 11.9 Å². The molecule has 0 saturated carbocycles. The van der Waals surface area contributed by atoms with Crippen molar-refractivity contribution in [2.45, 2.75) is 32.4 Å². The molecule has 0 saturated heterocycles. The lowest BCUT2D eigenvalue weighted by Gasteiger charge is -2.19. The third-order valence-electron chi connectivity index (χ3n) is 3.72. The van der Waals surface area contributed by atoms with Gasteiger partial charge < -0.3 is 15.7 Å². The van der Waals surface area contributed by atoms with Gasteiger partial charge in [0, 0.05) is 0 Å². The Hall–Kier alpha value is -2.30. The SMILES string of the molecule is Cc1ccccc1C(C)NC(=O)NC1C=CC(C(=O)O)C1. The van der Waals surface area contributed by atoms with Crippen LogP contribution in [0, 0.1) is 12.8 Å². The van der Waals surface area contributed by atoms with E-state index in [4.69, 9.17) is 5.11 Å². The Morgan fingerprint density at radius 3 is 2.62 bits per heavy atom. The van der Waals surface area contributed by atoms with Gasteiger partial charge in [-0.2, -0.15) is 0 Å². The Labute approximate surface area is 124 Å². The summed E-state index contributed by atoms with van der Waals surface area (Å²) in [5, 5.41) is 14.6. The van der Waals surface area contributed by atoms with Crippen LogP contribution in [0.15, 0.2) is 36.4 Å². The minimum atomic E-state index is -0.857. The van der Waals surface area contributed by atoms with Gasteiger partial charge in [0.15, 0.2) is 0 Å². The van der Waals surface area contributed by atoms with Crippen molar-refractivity contribution in [1.82, 2.24) is 10.6 Å². The van der Waals surface area contributed by atoms with Crippen LogP contribution in [0.25, 0.3) is 0 Å². The first-order valence-corrected chi connectivity index (χ1v) is 7.01. The summed E-state index contributed by atoms with van der Waals surface area (Å²) in [5.41, 5.74) is 2.19. The Kier molecular flexibility index (Phi) is 4.62. The average Bonchev–Trinajstić information content (AvgIpc) is 2.87. The highest BCUT2D eigenvalue weighted by atomic mass is 16.4. The van der Waals surface area contributed by atoms with Gasteiger partial charge in [-0.15, -0.1) is 0 Å². The van der Waals surface area contributed by atoms with E-state index in [1.54, 1.807) is 12.2 Å². The Balaban J connectivity index is 1.87. The molecule has 1 aromatic rings. The number of carboxylic acids is 1. The molecule has 21 heavy (non-hydrogen) atoms. The van der Waals surface area contributed by atoms with Crippen molar-refractivity contribution < 1.29 is 14.7 Å². The molecule has 0 aromatic heterocycles. The van der Waals surface area contributed by atoms with Gasteiger partial charge in [-0.1, -0.05) is 36.4 Å². The molecule has 112 valence electrons. The molecule has 2 rings (SSSR count). The second-order valence-corrected chi connectivity index (χ2v) is 5.37. The van der Waals surface area contributed by atoms with Crippen molar-refractivity contribution in [3.63, 3.8) is 0 Å². The molecule has 0 aliphatic heterocycles. The van der Waals surface area contributed by atoms with Crippen molar-refractivity contribution in [3.8, 4) is 0 Å². The summed E-state index contributed by atoms with van der Waals surface area (Å²) in [6, 6.07) is 7.27. The Morgan fingerprint density at radius 1 is 1.29 bits per heavy atom. The Morgan fingerprint density at radius 2 is 2.00 bits per heavy atom. The zero-order valence-electron chi connectivity index (χ0n) is 12.2. The maximum absolute atomic E-state index is 12.0. The third-order valence-corrected chi connectivity index (χ3v) is 3.72. The molecule has 5 heteroatoms. The van der Waals surface area contributed by atoms with E-state index in [-0.39, 0.29) is 18.1 Å². The maximum Gasteiger partial charge on any atom is 0.315 e. The summed E-state index contributed by atoms with van der Waals surface area (Å²) in [6.45, 7) is 3.93. The highest BCUT2D eigenvalue weighted by Gasteiger charge is 2.25. The normalized spacial score (nSPS) is 21.8. The Bertz CT molecular complexity index is 568. The predicted octanol–water partition coefficient (Wildman–Crippen LogP) is 2.38. The number of carbonyl (C=O) groups is 2. The molecular weight excluding hydrogens is 268 g/mol. The number of carbonyl (C=O) groups excluding carboxylic acids is 1. The summed E-state index contributed by atoms with van der Waals surface area (Å²) >= 11 is 0. The van der Waals surface area contributed by atoms with E-state index in [2.05, 4.69) is 10.6 Å². The number of carboxylic acid groups (broad SMARTS) is 1. The second-order valence-electron chi connectivity index (χ2n) is 5.37. The molecule has 0 spiro atoms. The largest absolute Gasteiger partial charge is 0.481 e. The highest BCUT2D eigenvalue weighted by molar-refractivity contribution is 5.76. The number of rotatable bonds is 4. The first-order valence-electron chi connectivity index (χ1n) is 7.01. The van der Waals surface area contributed by atoms with Crippen LogP contribution in [0.2, 0.25) is 0 Å².